The number of carbonyl (C=O) groups excluding carboxylic acids is 1. The summed E-state index contributed by atoms with van der Waals surface area (Å²) in [5.41, 5.74) is 2.76. The van der Waals surface area contributed by atoms with Crippen LogP contribution in [0.3, 0.4) is 0 Å². The van der Waals surface area contributed by atoms with Crippen molar-refractivity contribution < 1.29 is 4.79 Å². The fourth-order valence-corrected chi connectivity index (χ4v) is 5.44. The summed E-state index contributed by atoms with van der Waals surface area (Å²) in [4.78, 5) is 13.7. The summed E-state index contributed by atoms with van der Waals surface area (Å²) < 4.78 is 2.01. The molecule has 6 nitrogen and oxygen atoms in total. The van der Waals surface area contributed by atoms with Crippen LogP contribution in [0.4, 0.5) is 5.00 Å². The Morgan fingerprint density at radius 2 is 2.14 bits per heavy atom. The second-order valence-corrected chi connectivity index (χ2v) is 8.47. The minimum atomic E-state index is -0.131. The monoisotopic (exact) mass is 409 g/mol. The molecule has 0 bridgehead atoms. The lowest BCUT2D eigenvalue weighted by atomic mass is 10.1. The number of hydrogen-bond acceptors (Lipinski definition) is 6. The number of amides is 1. The standard InChI is InChI=1S/C20H19N5OS2/c1-2-25-18(13-7-4-3-5-8-13)23-24-20(25)27-12-17(26)22-19-15(11-21)14-9-6-10-16(14)28-19/h3-5,7-8H,2,6,9-10,12H2,1H3,(H,22,26). The van der Waals surface area contributed by atoms with Crippen molar-refractivity contribution in [3.05, 3.63) is 46.3 Å². The number of aryl methyl sites for hydroxylation is 1. The van der Waals surface area contributed by atoms with Gasteiger partial charge in [0.05, 0.1) is 11.3 Å². The molecule has 1 amide bonds. The van der Waals surface area contributed by atoms with E-state index >= 15 is 0 Å². The van der Waals surface area contributed by atoms with E-state index in [2.05, 4.69) is 21.6 Å². The molecule has 28 heavy (non-hydrogen) atoms. The molecule has 4 rings (SSSR count). The topological polar surface area (TPSA) is 83.6 Å². The van der Waals surface area contributed by atoms with Crippen molar-refractivity contribution in [1.29, 1.82) is 5.26 Å². The Labute approximate surface area is 171 Å². The van der Waals surface area contributed by atoms with E-state index in [0.29, 0.717) is 15.7 Å². The Hall–Kier alpha value is -2.63. The van der Waals surface area contributed by atoms with Gasteiger partial charge in [-0.15, -0.1) is 21.5 Å². The van der Waals surface area contributed by atoms with Gasteiger partial charge >= 0.3 is 0 Å². The van der Waals surface area contributed by atoms with Crippen LogP contribution in [-0.4, -0.2) is 26.4 Å². The van der Waals surface area contributed by atoms with Crippen LogP contribution in [0.15, 0.2) is 35.5 Å². The van der Waals surface area contributed by atoms with Crippen LogP contribution in [0.5, 0.6) is 0 Å². The second-order valence-electron chi connectivity index (χ2n) is 6.43. The van der Waals surface area contributed by atoms with Crippen molar-refractivity contribution in [1.82, 2.24) is 14.8 Å². The number of carbonyl (C=O) groups is 1. The quantitative estimate of drug-likeness (QED) is 0.619. The lowest BCUT2D eigenvalue weighted by Crippen LogP contribution is -2.14. The Balaban J connectivity index is 1.45. The number of rotatable bonds is 6. The maximum Gasteiger partial charge on any atom is 0.235 e. The van der Waals surface area contributed by atoms with E-state index in [9.17, 15) is 10.1 Å². The van der Waals surface area contributed by atoms with Crippen LogP contribution in [0.25, 0.3) is 11.4 Å². The first kappa shape index (κ1) is 18.7. The zero-order chi connectivity index (χ0) is 19.5. The molecule has 0 saturated heterocycles. The third-order valence-corrected chi connectivity index (χ3v) is 6.86. The number of aromatic nitrogens is 3. The van der Waals surface area contributed by atoms with E-state index < -0.39 is 0 Å². The highest BCUT2D eigenvalue weighted by molar-refractivity contribution is 7.99. The molecule has 0 atom stereocenters. The van der Waals surface area contributed by atoms with E-state index in [4.69, 9.17) is 0 Å². The molecule has 1 aliphatic carbocycles. The fraction of sp³-hybridized carbons (Fsp3) is 0.300. The molecule has 2 heterocycles. The molecule has 142 valence electrons. The van der Waals surface area contributed by atoms with Crippen molar-refractivity contribution in [3.63, 3.8) is 0 Å². The number of nitrogens with one attached hydrogen (secondary N) is 1. The summed E-state index contributed by atoms with van der Waals surface area (Å²) in [6.07, 6.45) is 3.03. The van der Waals surface area contributed by atoms with Gasteiger partial charge in [0.15, 0.2) is 11.0 Å². The number of nitriles is 1. The zero-order valence-electron chi connectivity index (χ0n) is 15.4. The molecule has 8 heteroatoms. The number of anilines is 1. The highest BCUT2D eigenvalue weighted by Gasteiger charge is 2.23. The summed E-state index contributed by atoms with van der Waals surface area (Å²) in [7, 11) is 0. The number of benzene rings is 1. The highest BCUT2D eigenvalue weighted by atomic mass is 32.2. The number of thioether (sulfide) groups is 1. The summed E-state index contributed by atoms with van der Waals surface area (Å²) in [6, 6.07) is 12.2. The van der Waals surface area contributed by atoms with E-state index in [0.717, 1.165) is 42.8 Å². The summed E-state index contributed by atoms with van der Waals surface area (Å²) in [6.45, 7) is 2.75. The first-order chi connectivity index (χ1) is 13.7. The maximum atomic E-state index is 12.5. The van der Waals surface area contributed by atoms with Crippen molar-refractivity contribution in [2.75, 3.05) is 11.1 Å². The molecule has 0 radical (unpaired) electrons. The average molecular weight is 410 g/mol. The van der Waals surface area contributed by atoms with Gasteiger partial charge in [-0.1, -0.05) is 42.1 Å². The first-order valence-electron chi connectivity index (χ1n) is 9.17. The van der Waals surface area contributed by atoms with Crippen molar-refractivity contribution in [3.8, 4) is 17.5 Å². The lowest BCUT2D eigenvalue weighted by molar-refractivity contribution is -0.113. The van der Waals surface area contributed by atoms with E-state index in [-0.39, 0.29) is 11.7 Å². The molecule has 2 aromatic heterocycles. The largest absolute Gasteiger partial charge is 0.316 e. The number of fused-ring (bicyclic) bond motifs is 1. The van der Waals surface area contributed by atoms with Crippen molar-refractivity contribution in [2.24, 2.45) is 0 Å². The van der Waals surface area contributed by atoms with E-state index in [1.807, 2.05) is 41.8 Å². The SMILES string of the molecule is CCn1c(SCC(=O)Nc2sc3c(c2C#N)CCC3)nnc1-c1ccccc1. The van der Waals surface area contributed by atoms with Crippen LogP contribution >= 0.6 is 23.1 Å². The molecular formula is C20H19N5OS2. The number of nitrogens with zero attached hydrogens (tertiary/aromatic N) is 4. The van der Waals surface area contributed by atoms with Crippen LogP contribution in [-0.2, 0) is 24.2 Å². The van der Waals surface area contributed by atoms with Crippen LogP contribution in [0, 0.1) is 11.3 Å². The number of thiophene rings is 1. The van der Waals surface area contributed by atoms with Gasteiger partial charge in [0, 0.05) is 17.0 Å². The second kappa shape index (κ2) is 8.17. The van der Waals surface area contributed by atoms with Crippen LogP contribution in [0.1, 0.15) is 29.3 Å². The lowest BCUT2D eigenvalue weighted by Gasteiger charge is -2.07. The zero-order valence-corrected chi connectivity index (χ0v) is 17.1. The Kier molecular flexibility index (Phi) is 5.46. The van der Waals surface area contributed by atoms with Crippen LogP contribution < -0.4 is 5.32 Å². The third-order valence-electron chi connectivity index (χ3n) is 4.68. The van der Waals surface area contributed by atoms with Crippen molar-refractivity contribution in [2.45, 2.75) is 37.9 Å². The summed E-state index contributed by atoms with van der Waals surface area (Å²) in [5, 5.41) is 22.3. The van der Waals surface area contributed by atoms with Crippen LogP contribution in [0.2, 0.25) is 0 Å². The third kappa shape index (κ3) is 3.55. The van der Waals surface area contributed by atoms with E-state index in [1.54, 1.807) is 0 Å². The Bertz CT molecular complexity index is 1050. The highest BCUT2D eigenvalue weighted by Crippen LogP contribution is 2.38. The molecule has 3 aromatic rings. The predicted molar refractivity (Wildman–Crippen MR) is 112 cm³/mol. The number of hydrogen-bond donors (Lipinski definition) is 1. The Morgan fingerprint density at radius 3 is 2.89 bits per heavy atom. The smallest absolute Gasteiger partial charge is 0.235 e. The van der Waals surface area contributed by atoms with Crippen molar-refractivity contribution >= 4 is 34.0 Å². The molecule has 1 aromatic carbocycles. The maximum absolute atomic E-state index is 12.5. The van der Waals surface area contributed by atoms with Gasteiger partial charge < -0.3 is 9.88 Å². The normalized spacial score (nSPS) is 12.6. The molecular weight excluding hydrogens is 390 g/mol. The van der Waals surface area contributed by atoms with Gasteiger partial charge in [-0.05, 0) is 31.7 Å². The minimum absolute atomic E-state index is 0.131. The summed E-state index contributed by atoms with van der Waals surface area (Å²) in [5.74, 6) is 0.890. The van der Waals surface area contributed by atoms with Gasteiger partial charge in [-0.25, -0.2) is 0 Å². The summed E-state index contributed by atoms with van der Waals surface area (Å²) >= 11 is 2.89. The molecule has 0 spiro atoms. The van der Waals surface area contributed by atoms with Gasteiger partial charge in [-0.2, -0.15) is 5.26 Å². The molecule has 0 aliphatic heterocycles. The molecule has 1 N–H and O–H groups in total. The minimum Gasteiger partial charge on any atom is -0.316 e. The van der Waals surface area contributed by atoms with Gasteiger partial charge in [0.2, 0.25) is 5.91 Å². The Morgan fingerprint density at radius 1 is 1.32 bits per heavy atom. The molecule has 0 saturated carbocycles. The van der Waals surface area contributed by atoms with Gasteiger partial charge in [-0.3, -0.25) is 4.79 Å². The molecule has 0 fully saturated rings. The molecule has 1 aliphatic rings. The fourth-order valence-electron chi connectivity index (χ4n) is 3.38. The van der Waals surface area contributed by atoms with E-state index in [1.165, 1.54) is 28.0 Å². The first-order valence-corrected chi connectivity index (χ1v) is 11.0. The molecule has 0 unspecified atom stereocenters. The predicted octanol–water partition coefficient (Wildman–Crippen LogP) is 4.12. The average Bonchev–Trinajstić information content (AvgIpc) is 3.40. The van der Waals surface area contributed by atoms with Gasteiger partial charge in [0.1, 0.15) is 11.1 Å². The van der Waals surface area contributed by atoms with Gasteiger partial charge in [0.25, 0.3) is 0 Å².